The van der Waals surface area contributed by atoms with Crippen molar-refractivity contribution < 1.29 is 4.74 Å². The number of nitrogens with zero attached hydrogens (tertiary/aromatic N) is 3. The van der Waals surface area contributed by atoms with E-state index >= 15 is 0 Å². The molecule has 1 atom stereocenters. The third-order valence-electron chi connectivity index (χ3n) is 4.94. The summed E-state index contributed by atoms with van der Waals surface area (Å²) in [6, 6.07) is 10.5. The second-order valence-corrected chi connectivity index (χ2v) is 6.89. The van der Waals surface area contributed by atoms with Crippen molar-refractivity contribution in [1.29, 1.82) is 0 Å². The van der Waals surface area contributed by atoms with E-state index in [0.717, 1.165) is 42.6 Å². The molecule has 0 spiro atoms. The van der Waals surface area contributed by atoms with E-state index in [-0.39, 0.29) is 5.56 Å². The quantitative estimate of drug-likeness (QED) is 0.758. The van der Waals surface area contributed by atoms with Gasteiger partial charge in [-0.1, -0.05) is 0 Å². The standard InChI is InChI=1S/C20H27N3O2/c1-15-14-19(21-22(3)20(15)24)17-7-9-18(10-8-17)25-13-5-12-23-11-4-6-16(23)2/h7-10,14,16H,4-6,11-13H2,1-3H3/t16-/m1/s1. The van der Waals surface area contributed by atoms with Crippen molar-refractivity contribution in [2.24, 2.45) is 7.05 Å². The third kappa shape index (κ3) is 4.28. The lowest BCUT2D eigenvalue weighted by molar-refractivity contribution is 0.230. The number of likely N-dealkylation sites (tertiary alicyclic amines) is 1. The van der Waals surface area contributed by atoms with E-state index in [0.29, 0.717) is 5.56 Å². The molecule has 1 aromatic carbocycles. The minimum Gasteiger partial charge on any atom is -0.494 e. The molecule has 1 saturated heterocycles. The van der Waals surface area contributed by atoms with Gasteiger partial charge in [0.15, 0.2) is 0 Å². The molecule has 0 unspecified atom stereocenters. The molecule has 134 valence electrons. The number of aromatic nitrogens is 2. The molecular weight excluding hydrogens is 314 g/mol. The summed E-state index contributed by atoms with van der Waals surface area (Å²) in [5.74, 6) is 0.875. The number of aryl methyl sites for hydroxylation is 2. The number of hydrogen-bond donors (Lipinski definition) is 0. The van der Waals surface area contributed by atoms with Crippen molar-refractivity contribution in [3.8, 4) is 17.0 Å². The van der Waals surface area contributed by atoms with Crippen LogP contribution >= 0.6 is 0 Å². The van der Waals surface area contributed by atoms with Gasteiger partial charge in [-0.15, -0.1) is 0 Å². The molecule has 25 heavy (non-hydrogen) atoms. The van der Waals surface area contributed by atoms with Crippen LogP contribution in [0.25, 0.3) is 11.3 Å². The maximum atomic E-state index is 11.7. The normalized spacial score (nSPS) is 17.8. The van der Waals surface area contributed by atoms with Gasteiger partial charge in [0.1, 0.15) is 5.75 Å². The monoisotopic (exact) mass is 341 g/mol. The van der Waals surface area contributed by atoms with Gasteiger partial charge in [0.05, 0.1) is 12.3 Å². The Hall–Kier alpha value is -2.14. The minimum absolute atomic E-state index is 0.0592. The topological polar surface area (TPSA) is 47.4 Å². The summed E-state index contributed by atoms with van der Waals surface area (Å²) in [6.45, 7) is 7.19. The lowest BCUT2D eigenvalue weighted by Crippen LogP contribution is -2.28. The first kappa shape index (κ1) is 17.7. The Morgan fingerprint density at radius 2 is 2.04 bits per heavy atom. The third-order valence-corrected chi connectivity index (χ3v) is 4.94. The first-order chi connectivity index (χ1) is 12.0. The largest absolute Gasteiger partial charge is 0.494 e. The Labute approximate surface area is 149 Å². The predicted molar refractivity (Wildman–Crippen MR) is 100 cm³/mol. The van der Waals surface area contributed by atoms with Gasteiger partial charge in [0, 0.05) is 30.8 Å². The molecule has 1 aliphatic heterocycles. The second kappa shape index (κ2) is 7.83. The summed E-state index contributed by atoms with van der Waals surface area (Å²) in [4.78, 5) is 14.3. The van der Waals surface area contributed by atoms with E-state index in [2.05, 4.69) is 16.9 Å². The highest BCUT2D eigenvalue weighted by molar-refractivity contribution is 5.60. The van der Waals surface area contributed by atoms with Crippen LogP contribution in [0, 0.1) is 6.92 Å². The van der Waals surface area contributed by atoms with Gasteiger partial charge in [-0.2, -0.15) is 5.10 Å². The summed E-state index contributed by atoms with van der Waals surface area (Å²) in [5, 5.41) is 4.32. The summed E-state index contributed by atoms with van der Waals surface area (Å²) < 4.78 is 7.24. The summed E-state index contributed by atoms with van der Waals surface area (Å²) in [7, 11) is 1.68. The number of hydrogen-bond acceptors (Lipinski definition) is 4. The van der Waals surface area contributed by atoms with E-state index < -0.39 is 0 Å². The molecule has 0 N–H and O–H groups in total. The molecule has 1 aliphatic rings. The number of rotatable bonds is 6. The van der Waals surface area contributed by atoms with Gasteiger partial charge >= 0.3 is 0 Å². The fourth-order valence-electron chi connectivity index (χ4n) is 3.40. The van der Waals surface area contributed by atoms with Crippen LogP contribution < -0.4 is 10.3 Å². The van der Waals surface area contributed by atoms with Gasteiger partial charge < -0.3 is 9.64 Å². The van der Waals surface area contributed by atoms with Crippen LogP contribution in [0.4, 0.5) is 0 Å². The molecule has 0 amide bonds. The Kier molecular flexibility index (Phi) is 5.53. The van der Waals surface area contributed by atoms with Gasteiger partial charge in [-0.25, -0.2) is 4.68 Å². The van der Waals surface area contributed by atoms with Crippen LogP contribution in [0.15, 0.2) is 35.1 Å². The van der Waals surface area contributed by atoms with Crippen molar-refractivity contribution in [2.75, 3.05) is 19.7 Å². The second-order valence-electron chi connectivity index (χ2n) is 6.89. The highest BCUT2D eigenvalue weighted by Gasteiger charge is 2.19. The average Bonchev–Trinajstić information content (AvgIpc) is 3.02. The average molecular weight is 341 g/mol. The minimum atomic E-state index is -0.0592. The molecule has 0 bridgehead atoms. The van der Waals surface area contributed by atoms with Crippen molar-refractivity contribution >= 4 is 0 Å². The Morgan fingerprint density at radius 3 is 2.68 bits per heavy atom. The van der Waals surface area contributed by atoms with E-state index in [1.165, 1.54) is 24.1 Å². The molecule has 0 radical (unpaired) electrons. The van der Waals surface area contributed by atoms with E-state index in [9.17, 15) is 4.79 Å². The first-order valence-electron chi connectivity index (χ1n) is 9.07. The zero-order valence-electron chi connectivity index (χ0n) is 15.4. The molecule has 3 rings (SSSR count). The molecule has 1 aromatic heterocycles. The van der Waals surface area contributed by atoms with Crippen molar-refractivity contribution in [3.63, 3.8) is 0 Å². The SMILES string of the molecule is Cc1cc(-c2ccc(OCCCN3CCC[C@H]3C)cc2)nn(C)c1=O. The maximum Gasteiger partial charge on any atom is 0.269 e. The fraction of sp³-hybridized carbons (Fsp3) is 0.500. The highest BCUT2D eigenvalue weighted by atomic mass is 16.5. The van der Waals surface area contributed by atoms with Crippen molar-refractivity contribution in [3.05, 3.63) is 46.2 Å². The molecule has 2 heterocycles. The van der Waals surface area contributed by atoms with E-state index in [1.807, 2.05) is 37.3 Å². The first-order valence-corrected chi connectivity index (χ1v) is 9.07. The van der Waals surface area contributed by atoms with Crippen molar-refractivity contribution in [2.45, 2.75) is 39.2 Å². The highest BCUT2D eigenvalue weighted by Crippen LogP contribution is 2.21. The van der Waals surface area contributed by atoms with Crippen LogP contribution in [0.2, 0.25) is 0 Å². The molecule has 1 fully saturated rings. The Bertz CT molecular complexity index is 741. The van der Waals surface area contributed by atoms with E-state index in [4.69, 9.17) is 4.74 Å². The molecular formula is C20H27N3O2. The van der Waals surface area contributed by atoms with Gasteiger partial charge in [0.25, 0.3) is 5.56 Å². The lowest BCUT2D eigenvalue weighted by atomic mass is 10.1. The summed E-state index contributed by atoms with van der Waals surface area (Å²) >= 11 is 0. The van der Waals surface area contributed by atoms with Crippen LogP contribution in [0.5, 0.6) is 5.75 Å². The van der Waals surface area contributed by atoms with Gasteiger partial charge in [-0.3, -0.25) is 4.79 Å². The molecule has 0 aliphatic carbocycles. The number of ether oxygens (including phenoxy) is 1. The van der Waals surface area contributed by atoms with Crippen LogP contribution in [-0.2, 0) is 7.05 Å². The Balaban J connectivity index is 1.54. The molecule has 5 heteroatoms. The lowest BCUT2D eigenvalue weighted by Gasteiger charge is -2.20. The molecule has 0 saturated carbocycles. The van der Waals surface area contributed by atoms with Crippen LogP contribution in [-0.4, -0.2) is 40.4 Å². The van der Waals surface area contributed by atoms with E-state index in [1.54, 1.807) is 7.05 Å². The van der Waals surface area contributed by atoms with Crippen molar-refractivity contribution in [1.82, 2.24) is 14.7 Å². The van der Waals surface area contributed by atoms with Gasteiger partial charge in [-0.05, 0) is 70.0 Å². The van der Waals surface area contributed by atoms with Crippen LogP contribution in [0.3, 0.4) is 0 Å². The predicted octanol–water partition coefficient (Wildman–Crippen LogP) is 3.01. The molecule has 2 aromatic rings. The summed E-state index contributed by atoms with van der Waals surface area (Å²) in [5.41, 5.74) is 2.42. The maximum absolute atomic E-state index is 11.7. The zero-order chi connectivity index (χ0) is 17.8. The smallest absolute Gasteiger partial charge is 0.269 e. The van der Waals surface area contributed by atoms with Gasteiger partial charge in [0.2, 0.25) is 0 Å². The van der Waals surface area contributed by atoms with Crippen LogP contribution in [0.1, 0.15) is 31.7 Å². The zero-order valence-corrected chi connectivity index (χ0v) is 15.4. The molecule has 5 nitrogen and oxygen atoms in total. The summed E-state index contributed by atoms with van der Waals surface area (Å²) in [6.07, 6.45) is 3.69. The fourth-order valence-corrected chi connectivity index (χ4v) is 3.40. The Morgan fingerprint density at radius 1 is 1.28 bits per heavy atom. The number of benzene rings is 1.